The van der Waals surface area contributed by atoms with E-state index >= 15 is 0 Å². The van der Waals surface area contributed by atoms with Crippen LogP contribution in [0.1, 0.15) is 51.5 Å². The summed E-state index contributed by atoms with van der Waals surface area (Å²) in [5.41, 5.74) is 1.15. The van der Waals surface area contributed by atoms with Crippen molar-refractivity contribution in [3.8, 4) is 5.75 Å². The van der Waals surface area contributed by atoms with Gasteiger partial charge in [-0.2, -0.15) is 0 Å². The summed E-state index contributed by atoms with van der Waals surface area (Å²) in [6.45, 7) is 5.23. The van der Waals surface area contributed by atoms with Crippen LogP contribution in [-0.2, 0) is 6.42 Å². The molecule has 2 N–H and O–H groups in total. The zero-order valence-electron chi connectivity index (χ0n) is 13.4. The van der Waals surface area contributed by atoms with Gasteiger partial charge in [0.25, 0.3) is 0 Å². The van der Waals surface area contributed by atoms with Crippen LogP contribution >= 0.6 is 0 Å². The minimum atomic E-state index is -0.116. The predicted octanol–water partition coefficient (Wildman–Crippen LogP) is 3.30. The molecule has 1 unspecified atom stereocenters. The van der Waals surface area contributed by atoms with Crippen LogP contribution in [0.2, 0.25) is 0 Å². The molecule has 0 radical (unpaired) electrons. The molecule has 1 aliphatic carbocycles. The van der Waals surface area contributed by atoms with Gasteiger partial charge >= 0.3 is 0 Å². The normalized spacial score (nSPS) is 17.5. The van der Waals surface area contributed by atoms with Crippen LogP contribution in [0.15, 0.2) is 24.3 Å². The standard InChI is InChI=1S/C18H29NO2/c1-3-15-8-5-6-9-17(15)21-13-7-12-18(4-2,14-20)19-16-10-11-16/h5-6,8-9,16,19-20H,3-4,7,10-14H2,1-2H3. The van der Waals surface area contributed by atoms with E-state index in [1.54, 1.807) is 0 Å². The number of hydrogen-bond acceptors (Lipinski definition) is 3. The summed E-state index contributed by atoms with van der Waals surface area (Å²) in [4.78, 5) is 0. The summed E-state index contributed by atoms with van der Waals surface area (Å²) in [5, 5.41) is 13.4. The molecule has 0 amide bonds. The van der Waals surface area contributed by atoms with Gasteiger partial charge in [0.15, 0.2) is 0 Å². The fourth-order valence-electron chi connectivity index (χ4n) is 2.78. The predicted molar refractivity (Wildman–Crippen MR) is 86.8 cm³/mol. The Balaban J connectivity index is 1.79. The first-order valence-corrected chi connectivity index (χ1v) is 8.32. The van der Waals surface area contributed by atoms with Crippen LogP contribution in [0.25, 0.3) is 0 Å². The smallest absolute Gasteiger partial charge is 0.122 e. The molecule has 2 rings (SSSR count). The third-order valence-electron chi connectivity index (χ3n) is 4.48. The van der Waals surface area contributed by atoms with Gasteiger partial charge < -0.3 is 15.2 Å². The van der Waals surface area contributed by atoms with E-state index in [0.29, 0.717) is 12.6 Å². The molecule has 0 aliphatic heterocycles. The number of benzene rings is 1. The van der Waals surface area contributed by atoms with Crippen molar-refractivity contribution in [1.82, 2.24) is 5.32 Å². The maximum Gasteiger partial charge on any atom is 0.122 e. The van der Waals surface area contributed by atoms with Crippen molar-refractivity contribution in [2.45, 2.75) is 64.0 Å². The van der Waals surface area contributed by atoms with E-state index in [0.717, 1.165) is 31.4 Å². The largest absolute Gasteiger partial charge is 0.493 e. The molecule has 1 atom stereocenters. The van der Waals surface area contributed by atoms with Crippen LogP contribution in [0.5, 0.6) is 5.75 Å². The van der Waals surface area contributed by atoms with Gasteiger partial charge in [0.05, 0.1) is 13.2 Å². The minimum Gasteiger partial charge on any atom is -0.493 e. The highest BCUT2D eigenvalue weighted by Gasteiger charge is 2.33. The van der Waals surface area contributed by atoms with Crippen molar-refractivity contribution in [1.29, 1.82) is 0 Å². The number of para-hydroxylation sites is 1. The Morgan fingerprint density at radius 2 is 2.05 bits per heavy atom. The summed E-state index contributed by atoms with van der Waals surface area (Å²) in [5.74, 6) is 1.00. The van der Waals surface area contributed by atoms with E-state index in [9.17, 15) is 5.11 Å². The van der Waals surface area contributed by atoms with Crippen LogP contribution in [0.3, 0.4) is 0 Å². The lowest BCUT2D eigenvalue weighted by molar-refractivity contribution is 0.135. The Bertz CT molecular complexity index is 425. The molecule has 3 heteroatoms. The third kappa shape index (κ3) is 4.72. The molecular formula is C18H29NO2. The van der Waals surface area contributed by atoms with E-state index < -0.39 is 0 Å². The molecule has 0 saturated heterocycles. The molecule has 0 bridgehead atoms. The number of aliphatic hydroxyl groups is 1. The van der Waals surface area contributed by atoms with Gasteiger partial charge in [-0.3, -0.25) is 0 Å². The monoisotopic (exact) mass is 291 g/mol. The molecule has 3 nitrogen and oxygen atoms in total. The van der Waals surface area contributed by atoms with E-state index in [1.807, 2.05) is 12.1 Å². The highest BCUT2D eigenvalue weighted by Crippen LogP contribution is 2.27. The number of aliphatic hydroxyl groups excluding tert-OH is 1. The molecular weight excluding hydrogens is 262 g/mol. The topological polar surface area (TPSA) is 41.5 Å². The maximum atomic E-state index is 9.75. The quantitative estimate of drug-likeness (QED) is 0.650. The molecule has 21 heavy (non-hydrogen) atoms. The Morgan fingerprint density at radius 3 is 2.67 bits per heavy atom. The lowest BCUT2D eigenvalue weighted by Gasteiger charge is -2.32. The van der Waals surface area contributed by atoms with Gasteiger partial charge in [-0.25, -0.2) is 0 Å². The van der Waals surface area contributed by atoms with Crippen LogP contribution in [-0.4, -0.2) is 29.9 Å². The molecule has 0 aromatic heterocycles. The number of hydrogen-bond donors (Lipinski definition) is 2. The number of nitrogens with one attached hydrogen (secondary N) is 1. The van der Waals surface area contributed by atoms with E-state index in [-0.39, 0.29) is 12.1 Å². The fraction of sp³-hybridized carbons (Fsp3) is 0.667. The molecule has 1 aromatic carbocycles. The zero-order valence-corrected chi connectivity index (χ0v) is 13.4. The second-order valence-electron chi connectivity index (χ2n) is 6.12. The van der Waals surface area contributed by atoms with Gasteiger partial charge in [0.1, 0.15) is 5.75 Å². The molecule has 118 valence electrons. The minimum absolute atomic E-state index is 0.116. The number of aryl methyl sites for hydroxylation is 1. The van der Waals surface area contributed by atoms with Crippen molar-refractivity contribution in [2.75, 3.05) is 13.2 Å². The Kier molecular flexibility index (Phi) is 6.07. The maximum absolute atomic E-state index is 9.75. The molecule has 1 aliphatic rings. The fourth-order valence-corrected chi connectivity index (χ4v) is 2.78. The van der Waals surface area contributed by atoms with Crippen LogP contribution < -0.4 is 10.1 Å². The average molecular weight is 291 g/mol. The molecule has 1 saturated carbocycles. The SMILES string of the molecule is CCc1ccccc1OCCCC(CC)(CO)NC1CC1. The molecule has 1 fully saturated rings. The number of ether oxygens (including phenoxy) is 1. The lowest BCUT2D eigenvalue weighted by atomic mass is 9.91. The first-order valence-electron chi connectivity index (χ1n) is 8.32. The van der Waals surface area contributed by atoms with Crippen LogP contribution in [0.4, 0.5) is 0 Å². The summed E-state index contributed by atoms with van der Waals surface area (Å²) in [6, 6.07) is 8.86. The Morgan fingerprint density at radius 1 is 1.29 bits per heavy atom. The second kappa shape index (κ2) is 7.81. The van der Waals surface area contributed by atoms with E-state index in [4.69, 9.17) is 4.74 Å². The summed E-state index contributed by atoms with van der Waals surface area (Å²) < 4.78 is 5.92. The van der Waals surface area contributed by atoms with Crippen molar-refractivity contribution in [3.05, 3.63) is 29.8 Å². The summed E-state index contributed by atoms with van der Waals surface area (Å²) >= 11 is 0. The summed E-state index contributed by atoms with van der Waals surface area (Å²) in [7, 11) is 0. The van der Waals surface area contributed by atoms with Crippen molar-refractivity contribution in [2.24, 2.45) is 0 Å². The van der Waals surface area contributed by atoms with Crippen molar-refractivity contribution >= 4 is 0 Å². The second-order valence-corrected chi connectivity index (χ2v) is 6.12. The summed E-state index contributed by atoms with van der Waals surface area (Å²) in [6.07, 6.45) is 6.39. The zero-order chi connectivity index (χ0) is 15.1. The highest BCUT2D eigenvalue weighted by molar-refractivity contribution is 5.33. The number of rotatable bonds is 10. The van der Waals surface area contributed by atoms with E-state index in [2.05, 4.69) is 31.3 Å². The average Bonchev–Trinajstić information content (AvgIpc) is 3.34. The first-order chi connectivity index (χ1) is 10.2. The lowest BCUT2D eigenvalue weighted by Crippen LogP contribution is -2.49. The Hall–Kier alpha value is -1.06. The first kappa shape index (κ1) is 16.3. The van der Waals surface area contributed by atoms with Gasteiger partial charge in [0.2, 0.25) is 0 Å². The van der Waals surface area contributed by atoms with Crippen LogP contribution in [0, 0.1) is 0 Å². The Labute approximate surface area is 128 Å². The van der Waals surface area contributed by atoms with Gasteiger partial charge in [-0.05, 0) is 50.2 Å². The van der Waals surface area contributed by atoms with Gasteiger partial charge in [-0.1, -0.05) is 32.0 Å². The van der Waals surface area contributed by atoms with Gasteiger partial charge in [0, 0.05) is 11.6 Å². The third-order valence-corrected chi connectivity index (χ3v) is 4.48. The van der Waals surface area contributed by atoms with E-state index in [1.165, 1.54) is 18.4 Å². The molecule has 0 spiro atoms. The molecule has 1 aromatic rings. The molecule has 0 heterocycles. The highest BCUT2D eigenvalue weighted by atomic mass is 16.5. The van der Waals surface area contributed by atoms with Crippen molar-refractivity contribution in [3.63, 3.8) is 0 Å². The van der Waals surface area contributed by atoms with Gasteiger partial charge in [-0.15, -0.1) is 0 Å². The van der Waals surface area contributed by atoms with Crippen molar-refractivity contribution < 1.29 is 9.84 Å².